The van der Waals surface area contributed by atoms with Crippen molar-refractivity contribution in [3.63, 3.8) is 0 Å². The van der Waals surface area contributed by atoms with E-state index in [2.05, 4.69) is 75.2 Å². The minimum absolute atomic E-state index is 0.0246. The lowest BCUT2D eigenvalue weighted by atomic mass is 9.89. The van der Waals surface area contributed by atoms with Gasteiger partial charge in [-0.25, -0.2) is 19.6 Å². The van der Waals surface area contributed by atoms with Gasteiger partial charge in [-0.3, -0.25) is 9.59 Å². The summed E-state index contributed by atoms with van der Waals surface area (Å²) >= 11 is 0. The van der Waals surface area contributed by atoms with Crippen molar-refractivity contribution in [1.82, 2.24) is 40.4 Å². The molecule has 4 aromatic carbocycles. The summed E-state index contributed by atoms with van der Waals surface area (Å²) in [5, 5.41) is 7.78. The number of methoxy groups -OCH3 is 2. The maximum atomic E-state index is 14.2. The number of nitrogens with zero attached hydrogens (tertiary/aromatic N) is 4. The summed E-state index contributed by atoms with van der Waals surface area (Å²) in [6, 6.07) is 26.7. The van der Waals surface area contributed by atoms with Gasteiger partial charge in [-0.2, -0.15) is 0 Å². The van der Waals surface area contributed by atoms with Gasteiger partial charge in [-0.15, -0.1) is 0 Å². The van der Waals surface area contributed by atoms with Gasteiger partial charge >= 0.3 is 12.2 Å². The molecular weight excluding hydrogens is 837 g/mol. The molecule has 4 atom stereocenters. The lowest BCUT2D eigenvalue weighted by molar-refractivity contribution is -0.137. The Bertz CT molecular complexity index is 2780. The zero-order chi connectivity index (χ0) is 45.3. The summed E-state index contributed by atoms with van der Waals surface area (Å²) in [6.45, 7) is 2.29. The second-order valence-electron chi connectivity index (χ2n) is 17.7. The van der Waals surface area contributed by atoms with E-state index in [9.17, 15) is 19.2 Å². The Morgan fingerprint density at radius 3 is 2.11 bits per heavy atom. The van der Waals surface area contributed by atoms with E-state index < -0.39 is 24.3 Å². The molecule has 15 nitrogen and oxygen atoms in total. The van der Waals surface area contributed by atoms with Crippen LogP contribution < -0.4 is 10.6 Å². The number of aromatic nitrogens is 4. The first-order valence-corrected chi connectivity index (χ1v) is 23.0. The van der Waals surface area contributed by atoms with Crippen LogP contribution in [0.1, 0.15) is 85.1 Å². The Labute approximate surface area is 382 Å². The highest BCUT2D eigenvalue weighted by Crippen LogP contribution is 2.40. The lowest BCUT2D eigenvalue weighted by Gasteiger charge is -2.34. The largest absolute Gasteiger partial charge is 0.453 e. The lowest BCUT2D eigenvalue weighted by Crippen LogP contribution is -2.53. The molecule has 15 heteroatoms. The SMILES string of the molecule is COC(=O)N[C@H](C(=O)N1CCC[C@H]1c1nc2c([nH]1)CCc1cc(-c3ccc4cc(-c5cnc([C@@H]6CCCN6C(=O)[C@H](NC(=O)OC)c6ccccc6)[nH]5)ccc4c3)ccc1-2)C1CCOCC1. The number of likely N-dealkylation sites (tertiary alicyclic amines) is 2. The fourth-order valence-corrected chi connectivity index (χ4v) is 10.4. The Morgan fingerprint density at radius 1 is 0.712 bits per heavy atom. The van der Waals surface area contributed by atoms with Gasteiger partial charge in [-0.05, 0) is 102 Å². The molecular formula is C51H54N8O7. The highest BCUT2D eigenvalue weighted by Gasteiger charge is 2.41. The number of benzene rings is 4. The van der Waals surface area contributed by atoms with Gasteiger partial charge in [-0.1, -0.05) is 72.8 Å². The van der Waals surface area contributed by atoms with E-state index in [1.54, 1.807) is 4.90 Å². The van der Waals surface area contributed by atoms with Gasteiger partial charge in [0.2, 0.25) is 5.91 Å². The molecule has 4 aliphatic rings. The summed E-state index contributed by atoms with van der Waals surface area (Å²) in [5.41, 5.74) is 9.16. The van der Waals surface area contributed by atoms with Crippen LogP contribution in [-0.4, -0.2) is 100 Å². The molecule has 3 saturated heterocycles. The number of nitrogens with one attached hydrogen (secondary N) is 4. The number of amides is 4. The number of rotatable bonds is 10. The summed E-state index contributed by atoms with van der Waals surface area (Å²) in [4.78, 5) is 73.6. The van der Waals surface area contributed by atoms with Gasteiger partial charge in [0, 0.05) is 43.1 Å². The molecule has 0 bridgehead atoms. The number of imidazole rings is 2. The van der Waals surface area contributed by atoms with E-state index in [4.69, 9.17) is 24.2 Å². The molecule has 2 aromatic heterocycles. The quantitative estimate of drug-likeness (QED) is 0.106. The van der Waals surface area contributed by atoms with E-state index in [1.807, 2.05) is 41.4 Å². The molecule has 10 rings (SSSR count). The van der Waals surface area contributed by atoms with Gasteiger partial charge in [0.05, 0.1) is 43.9 Å². The number of carbonyl (C=O) groups excluding carboxylic acids is 4. The average Bonchev–Trinajstić information content (AvgIpc) is 4.21. The zero-order valence-corrected chi connectivity index (χ0v) is 37.2. The van der Waals surface area contributed by atoms with Crippen LogP contribution in [0.25, 0.3) is 44.4 Å². The second kappa shape index (κ2) is 18.5. The van der Waals surface area contributed by atoms with Crippen LogP contribution in [0.2, 0.25) is 0 Å². The Morgan fingerprint density at radius 2 is 1.36 bits per heavy atom. The molecule has 6 aromatic rings. The van der Waals surface area contributed by atoms with Crippen LogP contribution in [-0.2, 0) is 36.6 Å². The standard InChI is InChI=1S/C51H54N8O7/c1-64-50(62)56-43(30-8-4-3-5-9-30)48(60)58-22-6-10-41(58)46-52-29-40(54-46)37-15-14-33-26-32(12-13-34(33)28-37)35-16-18-38-36(27-35)17-19-39-45(38)55-47(53-39)42-11-7-23-59(42)49(61)44(57-51(63)65-2)31-20-24-66-25-21-31/h3-5,8-9,12-16,18,26-29,31,41-44H,6-7,10-11,17,19-25H2,1-2H3,(H,52,54)(H,53,55)(H,56,62)(H,57,63)/t41-,42-,43+,44-/m0/s1. The van der Waals surface area contributed by atoms with E-state index >= 15 is 0 Å². The third-order valence-electron chi connectivity index (χ3n) is 13.9. The van der Waals surface area contributed by atoms with Crippen LogP contribution in [0.15, 0.2) is 91.1 Å². The first kappa shape index (κ1) is 42.9. The third kappa shape index (κ3) is 8.39. The number of fused-ring (bicyclic) bond motifs is 4. The fourth-order valence-electron chi connectivity index (χ4n) is 10.4. The van der Waals surface area contributed by atoms with Crippen LogP contribution in [0, 0.1) is 5.92 Å². The van der Waals surface area contributed by atoms with Crippen LogP contribution in [0.3, 0.4) is 0 Å². The zero-order valence-electron chi connectivity index (χ0n) is 37.2. The van der Waals surface area contributed by atoms with Crippen molar-refractivity contribution in [2.45, 2.75) is 75.5 Å². The average molecular weight is 891 g/mol. The summed E-state index contributed by atoms with van der Waals surface area (Å²) in [6.07, 6.45) is 6.87. The first-order chi connectivity index (χ1) is 32.3. The molecule has 340 valence electrons. The minimum Gasteiger partial charge on any atom is -0.453 e. The maximum Gasteiger partial charge on any atom is 0.407 e. The van der Waals surface area contributed by atoms with Crippen molar-refractivity contribution in [1.29, 1.82) is 0 Å². The highest BCUT2D eigenvalue weighted by atomic mass is 16.5. The molecule has 4 amide bonds. The highest BCUT2D eigenvalue weighted by molar-refractivity contribution is 5.91. The third-order valence-corrected chi connectivity index (χ3v) is 13.9. The number of hydrogen-bond acceptors (Lipinski definition) is 9. The van der Waals surface area contributed by atoms with E-state index in [-0.39, 0.29) is 29.8 Å². The first-order valence-electron chi connectivity index (χ1n) is 23.0. The van der Waals surface area contributed by atoms with Crippen molar-refractivity contribution < 1.29 is 33.4 Å². The van der Waals surface area contributed by atoms with Crippen molar-refractivity contribution in [2.24, 2.45) is 5.92 Å². The number of alkyl carbamates (subject to hydrolysis) is 2. The number of aromatic amines is 2. The Balaban J connectivity index is 0.841. The normalized spacial score (nSPS) is 19.2. The smallest absolute Gasteiger partial charge is 0.407 e. The summed E-state index contributed by atoms with van der Waals surface area (Å²) in [5.74, 6) is 1.18. The molecule has 0 radical (unpaired) electrons. The Hall–Kier alpha value is -7.00. The predicted octanol–water partition coefficient (Wildman–Crippen LogP) is 7.96. The van der Waals surface area contributed by atoms with Crippen molar-refractivity contribution in [3.05, 3.63) is 120 Å². The molecule has 4 N–H and O–H groups in total. The number of H-pyrrole nitrogens is 2. The van der Waals surface area contributed by atoms with Crippen LogP contribution in [0.4, 0.5) is 9.59 Å². The molecule has 3 fully saturated rings. The number of carbonyl (C=O) groups is 4. The molecule has 3 aliphatic heterocycles. The molecule has 0 saturated carbocycles. The molecule has 66 heavy (non-hydrogen) atoms. The number of ether oxygens (including phenoxy) is 3. The van der Waals surface area contributed by atoms with Gasteiger partial charge in [0.15, 0.2) is 0 Å². The monoisotopic (exact) mass is 890 g/mol. The van der Waals surface area contributed by atoms with Gasteiger partial charge in [0.25, 0.3) is 5.91 Å². The second-order valence-corrected chi connectivity index (χ2v) is 17.7. The molecule has 0 unspecified atom stereocenters. The number of aryl methyl sites for hydroxylation is 2. The Kier molecular flexibility index (Phi) is 12.0. The minimum atomic E-state index is -0.882. The summed E-state index contributed by atoms with van der Waals surface area (Å²) in [7, 11) is 2.61. The topological polar surface area (TPSA) is 184 Å². The molecule has 0 spiro atoms. The van der Waals surface area contributed by atoms with E-state index in [1.165, 1.54) is 19.8 Å². The van der Waals surface area contributed by atoms with Crippen molar-refractivity contribution in [2.75, 3.05) is 40.5 Å². The van der Waals surface area contributed by atoms with Crippen molar-refractivity contribution in [3.8, 4) is 33.6 Å². The van der Waals surface area contributed by atoms with Gasteiger partial charge < -0.3 is 44.6 Å². The van der Waals surface area contributed by atoms with Gasteiger partial charge in [0.1, 0.15) is 23.7 Å². The van der Waals surface area contributed by atoms with Crippen molar-refractivity contribution >= 4 is 34.8 Å². The molecule has 1 aliphatic carbocycles. The number of hydrogen-bond donors (Lipinski definition) is 4. The fraction of sp³-hybridized carbons (Fsp3) is 0.373. The maximum absolute atomic E-state index is 14.2. The van der Waals surface area contributed by atoms with Crippen LogP contribution in [0.5, 0.6) is 0 Å². The van der Waals surface area contributed by atoms with Crippen LogP contribution >= 0.6 is 0 Å². The van der Waals surface area contributed by atoms with E-state index in [0.717, 1.165) is 94.5 Å². The molecule has 5 heterocycles. The predicted molar refractivity (Wildman–Crippen MR) is 247 cm³/mol. The summed E-state index contributed by atoms with van der Waals surface area (Å²) < 4.78 is 15.3. The van der Waals surface area contributed by atoms with E-state index in [0.29, 0.717) is 50.5 Å².